The Balaban J connectivity index is 1.82. The summed E-state index contributed by atoms with van der Waals surface area (Å²) in [5, 5.41) is 6.95. The molecule has 5 heteroatoms. The van der Waals surface area contributed by atoms with Gasteiger partial charge in [0.2, 0.25) is 0 Å². The van der Waals surface area contributed by atoms with Crippen molar-refractivity contribution < 1.29 is 4.74 Å². The molecule has 1 atom stereocenters. The Morgan fingerprint density at radius 1 is 1.33 bits per heavy atom. The van der Waals surface area contributed by atoms with Crippen LogP contribution in [0.3, 0.4) is 0 Å². The molecule has 27 heavy (non-hydrogen) atoms. The van der Waals surface area contributed by atoms with Crippen molar-refractivity contribution in [2.24, 2.45) is 16.8 Å². The van der Waals surface area contributed by atoms with Crippen LogP contribution in [-0.2, 0) is 6.54 Å². The zero-order chi connectivity index (χ0) is 19.6. The van der Waals surface area contributed by atoms with E-state index >= 15 is 0 Å². The third-order valence-corrected chi connectivity index (χ3v) is 4.98. The lowest BCUT2D eigenvalue weighted by Gasteiger charge is -2.34. The summed E-state index contributed by atoms with van der Waals surface area (Å²) < 4.78 is 5.78. The second-order valence-electron chi connectivity index (χ2n) is 8.01. The molecule has 1 aliphatic rings. The third-order valence-electron chi connectivity index (χ3n) is 4.98. The second kappa shape index (κ2) is 11.2. The molecule has 1 unspecified atom stereocenters. The Kier molecular flexibility index (Phi) is 8.92. The molecule has 0 spiro atoms. The Hall–Kier alpha value is -1.75. The first-order valence-electron chi connectivity index (χ1n) is 10.4. The van der Waals surface area contributed by atoms with Crippen LogP contribution in [0.5, 0.6) is 5.75 Å². The Morgan fingerprint density at radius 3 is 2.85 bits per heavy atom. The van der Waals surface area contributed by atoms with Gasteiger partial charge in [-0.05, 0) is 56.7 Å². The molecule has 1 saturated heterocycles. The molecule has 1 heterocycles. The molecule has 0 aliphatic carbocycles. The summed E-state index contributed by atoms with van der Waals surface area (Å²) in [5.41, 5.74) is 2.37. The predicted molar refractivity (Wildman–Crippen MR) is 115 cm³/mol. The van der Waals surface area contributed by atoms with Crippen molar-refractivity contribution in [3.63, 3.8) is 0 Å². The van der Waals surface area contributed by atoms with Crippen LogP contribution >= 0.6 is 0 Å². The monoisotopic (exact) mass is 374 g/mol. The van der Waals surface area contributed by atoms with E-state index in [-0.39, 0.29) is 0 Å². The normalized spacial score (nSPS) is 18.6. The molecule has 2 rings (SSSR count). The summed E-state index contributed by atoms with van der Waals surface area (Å²) in [4.78, 5) is 7.00. The highest BCUT2D eigenvalue weighted by Gasteiger charge is 2.20. The molecule has 5 nitrogen and oxygen atoms in total. The van der Waals surface area contributed by atoms with Crippen LogP contribution < -0.4 is 15.4 Å². The van der Waals surface area contributed by atoms with Gasteiger partial charge in [0.05, 0.1) is 6.61 Å². The number of aryl methyl sites for hydroxylation is 1. The fourth-order valence-corrected chi connectivity index (χ4v) is 3.74. The largest absolute Gasteiger partial charge is 0.494 e. The zero-order valence-electron chi connectivity index (χ0n) is 17.8. The van der Waals surface area contributed by atoms with E-state index in [4.69, 9.17) is 4.74 Å². The van der Waals surface area contributed by atoms with Crippen molar-refractivity contribution in [2.45, 2.75) is 47.1 Å². The summed E-state index contributed by atoms with van der Waals surface area (Å²) in [7, 11) is 1.83. The van der Waals surface area contributed by atoms with Gasteiger partial charge in [0.1, 0.15) is 5.75 Å². The lowest BCUT2D eigenvalue weighted by molar-refractivity contribution is 0.159. The van der Waals surface area contributed by atoms with Crippen molar-refractivity contribution in [2.75, 3.05) is 39.8 Å². The fourth-order valence-electron chi connectivity index (χ4n) is 3.74. The third kappa shape index (κ3) is 7.41. The SMILES string of the molecule is CCOc1cc(C)ccc1CNC(=NC)NCC1CCCN(CC(C)C)C1. The predicted octanol–water partition coefficient (Wildman–Crippen LogP) is 3.43. The lowest BCUT2D eigenvalue weighted by atomic mass is 9.97. The van der Waals surface area contributed by atoms with Crippen molar-refractivity contribution in [3.05, 3.63) is 29.3 Å². The number of piperidine rings is 1. The van der Waals surface area contributed by atoms with Gasteiger partial charge in [-0.25, -0.2) is 0 Å². The standard InChI is InChI=1S/C22H38N4O/c1-6-27-21-12-18(4)9-10-20(21)14-25-22(23-5)24-13-19-8-7-11-26(16-19)15-17(2)3/h9-10,12,17,19H,6-8,11,13-16H2,1-5H3,(H2,23,24,25). The number of guanidine groups is 1. The minimum atomic E-state index is 0.679. The van der Waals surface area contributed by atoms with Crippen LogP contribution in [0.25, 0.3) is 0 Å². The Morgan fingerprint density at radius 2 is 2.15 bits per heavy atom. The maximum atomic E-state index is 5.78. The molecule has 1 fully saturated rings. The summed E-state index contributed by atoms with van der Waals surface area (Å²) >= 11 is 0. The van der Waals surface area contributed by atoms with Crippen LogP contribution in [0.4, 0.5) is 0 Å². The highest BCUT2D eigenvalue weighted by Crippen LogP contribution is 2.20. The van der Waals surface area contributed by atoms with Gasteiger partial charge < -0.3 is 20.3 Å². The summed E-state index contributed by atoms with van der Waals surface area (Å²) in [6.07, 6.45) is 2.59. The number of hydrogen-bond acceptors (Lipinski definition) is 3. The molecule has 0 radical (unpaired) electrons. The van der Waals surface area contributed by atoms with E-state index in [0.29, 0.717) is 19.1 Å². The van der Waals surface area contributed by atoms with E-state index in [2.05, 4.69) is 59.5 Å². The maximum Gasteiger partial charge on any atom is 0.191 e. The molecular weight excluding hydrogens is 336 g/mol. The van der Waals surface area contributed by atoms with Crippen LogP contribution in [0, 0.1) is 18.8 Å². The Labute approximate surface area is 165 Å². The van der Waals surface area contributed by atoms with Crippen LogP contribution in [0.2, 0.25) is 0 Å². The lowest BCUT2D eigenvalue weighted by Crippen LogP contribution is -2.45. The van der Waals surface area contributed by atoms with Gasteiger partial charge >= 0.3 is 0 Å². The van der Waals surface area contributed by atoms with Gasteiger partial charge in [-0.2, -0.15) is 0 Å². The van der Waals surface area contributed by atoms with Crippen molar-refractivity contribution >= 4 is 5.96 Å². The molecule has 0 amide bonds. The van der Waals surface area contributed by atoms with E-state index in [1.54, 1.807) is 0 Å². The Bertz CT molecular complexity index is 600. The highest BCUT2D eigenvalue weighted by atomic mass is 16.5. The van der Waals surface area contributed by atoms with Gasteiger partial charge in [-0.3, -0.25) is 4.99 Å². The topological polar surface area (TPSA) is 48.9 Å². The van der Waals surface area contributed by atoms with Crippen molar-refractivity contribution in [1.82, 2.24) is 15.5 Å². The number of benzene rings is 1. The maximum absolute atomic E-state index is 5.78. The number of aliphatic imine (C=N–C) groups is 1. The van der Waals surface area contributed by atoms with Gasteiger partial charge in [0.15, 0.2) is 5.96 Å². The molecule has 152 valence electrons. The number of nitrogens with zero attached hydrogens (tertiary/aromatic N) is 2. The van der Waals surface area contributed by atoms with E-state index in [1.807, 2.05) is 14.0 Å². The highest BCUT2D eigenvalue weighted by molar-refractivity contribution is 5.79. The summed E-state index contributed by atoms with van der Waals surface area (Å²) in [6.45, 7) is 14.7. The van der Waals surface area contributed by atoms with Crippen LogP contribution in [0.1, 0.15) is 44.7 Å². The second-order valence-corrected chi connectivity index (χ2v) is 8.01. The quantitative estimate of drug-likeness (QED) is 0.541. The van der Waals surface area contributed by atoms with Crippen LogP contribution in [0.15, 0.2) is 23.2 Å². The van der Waals surface area contributed by atoms with Gasteiger partial charge in [-0.15, -0.1) is 0 Å². The average molecular weight is 375 g/mol. The number of likely N-dealkylation sites (tertiary alicyclic amines) is 1. The van der Waals surface area contributed by atoms with E-state index in [0.717, 1.165) is 29.7 Å². The summed E-state index contributed by atoms with van der Waals surface area (Å²) in [6, 6.07) is 6.36. The molecule has 0 saturated carbocycles. The van der Waals surface area contributed by atoms with Gasteiger partial charge in [-0.1, -0.05) is 26.0 Å². The molecule has 1 aromatic rings. The van der Waals surface area contributed by atoms with Crippen LogP contribution in [-0.4, -0.2) is 50.7 Å². The average Bonchev–Trinajstić information content (AvgIpc) is 2.63. The number of nitrogens with one attached hydrogen (secondary N) is 2. The zero-order valence-corrected chi connectivity index (χ0v) is 17.8. The number of hydrogen-bond donors (Lipinski definition) is 2. The first-order valence-corrected chi connectivity index (χ1v) is 10.4. The van der Waals surface area contributed by atoms with Crippen molar-refractivity contribution in [1.29, 1.82) is 0 Å². The minimum Gasteiger partial charge on any atom is -0.494 e. The fraction of sp³-hybridized carbons (Fsp3) is 0.682. The number of rotatable bonds is 8. The van der Waals surface area contributed by atoms with Gasteiger partial charge in [0.25, 0.3) is 0 Å². The molecule has 1 aromatic carbocycles. The first-order chi connectivity index (χ1) is 13.0. The molecular formula is C22H38N4O. The summed E-state index contributed by atoms with van der Waals surface area (Å²) in [5.74, 6) is 3.24. The number of ether oxygens (including phenoxy) is 1. The molecule has 0 bridgehead atoms. The van der Waals surface area contributed by atoms with Crippen molar-refractivity contribution in [3.8, 4) is 5.75 Å². The minimum absolute atomic E-state index is 0.679. The van der Waals surface area contributed by atoms with E-state index < -0.39 is 0 Å². The first kappa shape index (κ1) is 21.5. The van der Waals surface area contributed by atoms with Gasteiger partial charge in [0, 0.05) is 38.8 Å². The van der Waals surface area contributed by atoms with E-state index in [9.17, 15) is 0 Å². The molecule has 1 aliphatic heterocycles. The molecule has 2 N–H and O–H groups in total. The van der Waals surface area contributed by atoms with E-state index in [1.165, 1.54) is 38.0 Å². The molecule has 0 aromatic heterocycles. The smallest absolute Gasteiger partial charge is 0.191 e.